The summed E-state index contributed by atoms with van der Waals surface area (Å²) in [5.41, 5.74) is 3.34. The van der Waals surface area contributed by atoms with Crippen LogP contribution in [0.1, 0.15) is 24.8 Å². The van der Waals surface area contributed by atoms with Crippen LogP contribution >= 0.6 is 0 Å². The van der Waals surface area contributed by atoms with Crippen LogP contribution in [-0.2, 0) is 11.3 Å². The monoisotopic (exact) mass is 235 g/mol. The first-order chi connectivity index (χ1) is 8.36. The maximum Gasteiger partial charge on any atom is 0.0720 e. The zero-order valence-corrected chi connectivity index (χ0v) is 10.1. The number of benzene rings is 1. The highest BCUT2D eigenvalue weighted by molar-refractivity contribution is 5.13. The van der Waals surface area contributed by atoms with Gasteiger partial charge >= 0.3 is 0 Å². The highest BCUT2D eigenvalue weighted by atomic mass is 16.5. The van der Waals surface area contributed by atoms with Crippen LogP contribution in [0.3, 0.4) is 0 Å². The van der Waals surface area contributed by atoms with Gasteiger partial charge in [-0.1, -0.05) is 36.4 Å². The van der Waals surface area contributed by atoms with E-state index in [9.17, 15) is 0 Å². The van der Waals surface area contributed by atoms with E-state index in [1.807, 2.05) is 24.3 Å². The van der Waals surface area contributed by atoms with E-state index in [4.69, 9.17) is 9.94 Å². The molecule has 94 valence electrons. The molecule has 1 rings (SSSR count). The molecule has 1 aromatic carbocycles. The van der Waals surface area contributed by atoms with E-state index in [1.54, 1.807) is 0 Å². The summed E-state index contributed by atoms with van der Waals surface area (Å²) in [6.07, 6.45) is 4.72. The standard InChI is InChI=1S/C14H21NO2/c1-2-7-14(10-6-11-15-16)17-12-13-8-4-3-5-9-13/h2-5,8-9,14-16H,1,6-7,10-12H2. The molecule has 0 heterocycles. The van der Waals surface area contributed by atoms with Gasteiger partial charge in [0.2, 0.25) is 0 Å². The number of ether oxygens (including phenoxy) is 1. The van der Waals surface area contributed by atoms with Crippen molar-refractivity contribution in [2.45, 2.75) is 32.0 Å². The van der Waals surface area contributed by atoms with E-state index < -0.39 is 0 Å². The van der Waals surface area contributed by atoms with Crippen molar-refractivity contribution in [3.05, 3.63) is 48.6 Å². The molecule has 1 aromatic rings. The number of rotatable bonds is 9. The van der Waals surface area contributed by atoms with Crippen molar-refractivity contribution >= 4 is 0 Å². The van der Waals surface area contributed by atoms with Crippen LogP contribution < -0.4 is 5.48 Å². The first-order valence-electron chi connectivity index (χ1n) is 6.00. The summed E-state index contributed by atoms with van der Waals surface area (Å²) in [6, 6.07) is 10.1. The zero-order valence-electron chi connectivity index (χ0n) is 10.1. The molecule has 3 nitrogen and oxygen atoms in total. The Morgan fingerprint density at radius 2 is 2.12 bits per heavy atom. The molecular formula is C14H21NO2. The molecule has 0 spiro atoms. The van der Waals surface area contributed by atoms with Crippen LogP contribution in [0.2, 0.25) is 0 Å². The number of hydrogen-bond donors (Lipinski definition) is 2. The van der Waals surface area contributed by atoms with Crippen LogP contribution in [0.4, 0.5) is 0 Å². The lowest BCUT2D eigenvalue weighted by Crippen LogP contribution is -2.16. The lowest BCUT2D eigenvalue weighted by molar-refractivity contribution is 0.0337. The minimum Gasteiger partial charge on any atom is -0.373 e. The summed E-state index contributed by atoms with van der Waals surface area (Å²) in [5, 5.41) is 8.51. The first kappa shape index (κ1) is 13.9. The number of nitrogens with one attached hydrogen (secondary N) is 1. The van der Waals surface area contributed by atoms with Gasteiger partial charge in [0, 0.05) is 6.54 Å². The average Bonchev–Trinajstić information content (AvgIpc) is 2.37. The summed E-state index contributed by atoms with van der Waals surface area (Å²) in [7, 11) is 0. The van der Waals surface area contributed by atoms with Crippen LogP contribution in [0.5, 0.6) is 0 Å². The molecule has 0 amide bonds. The summed E-state index contributed by atoms with van der Waals surface area (Å²) in [4.78, 5) is 0. The van der Waals surface area contributed by atoms with Crippen LogP contribution in [0.25, 0.3) is 0 Å². The predicted octanol–water partition coefficient (Wildman–Crippen LogP) is 2.91. The molecule has 0 saturated heterocycles. The van der Waals surface area contributed by atoms with E-state index in [1.165, 1.54) is 5.56 Å². The van der Waals surface area contributed by atoms with E-state index >= 15 is 0 Å². The van der Waals surface area contributed by atoms with Gasteiger partial charge in [0.25, 0.3) is 0 Å². The van der Waals surface area contributed by atoms with Crippen LogP contribution in [0, 0.1) is 0 Å². The minimum absolute atomic E-state index is 0.182. The molecule has 0 radical (unpaired) electrons. The number of hydrogen-bond acceptors (Lipinski definition) is 3. The van der Waals surface area contributed by atoms with Crippen molar-refractivity contribution in [3.8, 4) is 0 Å². The molecule has 0 aliphatic carbocycles. The Kier molecular flexibility index (Phi) is 7.30. The lowest BCUT2D eigenvalue weighted by Gasteiger charge is -2.16. The highest BCUT2D eigenvalue weighted by Gasteiger charge is 2.07. The lowest BCUT2D eigenvalue weighted by atomic mass is 10.1. The molecule has 0 fully saturated rings. The molecule has 0 aromatic heterocycles. The van der Waals surface area contributed by atoms with Crippen molar-refractivity contribution in [2.75, 3.05) is 6.54 Å². The smallest absolute Gasteiger partial charge is 0.0720 e. The Bertz CT molecular complexity index is 300. The topological polar surface area (TPSA) is 41.5 Å². The van der Waals surface area contributed by atoms with Crippen LogP contribution in [-0.4, -0.2) is 17.9 Å². The Morgan fingerprint density at radius 1 is 1.35 bits per heavy atom. The second-order valence-electron chi connectivity index (χ2n) is 3.99. The number of hydroxylamine groups is 1. The third kappa shape index (κ3) is 6.22. The molecular weight excluding hydrogens is 214 g/mol. The van der Waals surface area contributed by atoms with Crippen molar-refractivity contribution in [1.82, 2.24) is 5.48 Å². The molecule has 3 heteroatoms. The largest absolute Gasteiger partial charge is 0.373 e. The second-order valence-corrected chi connectivity index (χ2v) is 3.99. The molecule has 2 N–H and O–H groups in total. The van der Waals surface area contributed by atoms with Gasteiger partial charge in [-0.25, -0.2) is 5.48 Å². The van der Waals surface area contributed by atoms with Gasteiger partial charge in [0.15, 0.2) is 0 Å². The Morgan fingerprint density at radius 3 is 2.76 bits per heavy atom. The predicted molar refractivity (Wildman–Crippen MR) is 68.9 cm³/mol. The Labute approximate surface area is 103 Å². The fraction of sp³-hybridized carbons (Fsp3) is 0.429. The maximum absolute atomic E-state index is 8.51. The normalized spacial score (nSPS) is 12.3. The minimum atomic E-state index is 0.182. The van der Waals surface area contributed by atoms with E-state index in [-0.39, 0.29) is 6.10 Å². The molecule has 17 heavy (non-hydrogen) atoms. The van der Waals surface area contributed by atoms with Gasteiger partial charge in [-0.2, -0.15) is 0 Å². The summed E-state index contributed by atoms with van der Waals surface area (Å²) >= 11 is 0. The third-order valence-corrected chi connectivity index (χ3v) is 2.57. The quantitative estimate of drug-likeness (QED) is 0.393. The fourth-order valence-electron chi connectivity index (χ4n) is 1.65. The Hall–Kier alpha value is -1.16. The molecule has 1 atom stereocenters. The SMILES string of the molecule is C=CCC(CCCNO)OCc1ccccc1. The molecule has 1 unspecified atom stereocenters. The van der Waals surface area contributed by atoms with Gasteiger partial charge in [-0.3, -0.25) is 0 Å². The van der Waals surface area contributed by atoms with Crippen molar-refractivity contribution in [2.24, 2.45) is 0 Å². The second kappa shape index (κ2) is 8.93. The molecule has 0 aliphatic heterocycles. The van der Waals surface area contributed by atoms with Crippen molar-refractivity contribution in [1.29, 1.82) is 0 Å². The maximum atomic E-state index is 8.51. The van der Waals surface area contributed by atoms with Crippen molar-refractivity contribution < 1.29 is 9.94 Å². The summed E-state index contributed by atoms with van der Waals surface area (Å²) in [5.74, 6) is 0. The fourth-order valence-corrected chi connectivity index (χ4v) is 1.65. The molecule has 0 aliphatic rings. The van der Waals surface area contributed by atoms with Gasteiger partial charge in [0.05, 0.1) is 12.7 Å². The zero-order chi connectivity index (χ0) is 12.3. The van der Waals surface area contributed by atoms with E-state index in [0.29, 0.717) is 13.2 Å². The highest BCUT2D eigenvalue weighted by Crippen LogP contribution is 2.11. The third-order valence-electron chi connectivity index (χ3n) is 2.57. The molecule has 0 saturated carbocycles. The summed E-state index contributed by atoms with van der Waals surface area (Å²) < 4.78 is 5.83. The first-order valence-corrected chi connectivity index (χ1v) is 6.00. The van der Waals surface area contributed by atoms with Gasteiger partial charge in [-0.05, 0) is 24.8 Å². The average molecular weight is 235 g/mol. The van der Waals surface area contributed by atoms with Crippen molar-refractivity contribution in [3.63, 3.8) is 0 Å². The summed E-state index contributed by atoms with van der Waals surface area (Å²) in [6.45, 7) is 4.97. The molecule has 0 bridgehead atoms. The van der Waals surface area contributed by atoms with E-state index in [0.717, 1.165) is 19.3 Å². The van der Waals surface area contributed by atoms with Gasteiger partial charge in [0.1, 0.15) is 0 Å². The van der Waals surface area contributed by atoms with Gasteiger partial charge < -0.3 is 9.94 Å². The van der Waals surface area contributed by atoms with Crippen LogP contribution in [0.15, 0.2) is 43.0 Å². The Balaban J connectivity index is 2.30. The van der Waals surface area contributed by atoms with E-state index in [2.05, 4.69) is 24.2 Å². The van der Waals surface area contributed by atoms with Gasteiger partial charge in [-0.15, -0.1) is 6.58 Å².